The van der Waals surface area contributed by atoms with Gasteiger partial charge in [-0.25, -0.2) is 0 Å². The summed E-state index contributed by atoms with van der Waals surface area (Å²) in [6.45, 7) is 1.86. The molecule has 0 unspecified atom stereocenters. The Bertz CT molecular complexity index is 1240. The van der Waals surface area contributed by atoms with Gasteiger partial charge in [0, 0.05) is 47.4 Å². The minimum absolute atomic E-state index is 0.0404. The molecule has 0 spiro atoms. The van der Waals surface area contributed by atoms with Crippen molar-refractivity contribution >= 4 is 90.8 Å². The van der Waals surface area contributed by atoms with E-state index in [1.165, 1.54) is 17.4 Å². The van der Waals surface area contributed by atoms with Crippen molar-refractivity contribution in [3.63, 3.8) is 0 Å². The van der Waals surface area contributed by atoms with E-state index in [1.807, 2.05) is 9.80 Å². The van der Waals surface area contributed by atoms with Crippen LogP contribution in [0.5, 0.6) is 0 Å². The van der Waals surface area contributed by atoms with Gasteiger partial charge in [0.25, 0.3) is 11.6 Å². The molecule has 0 radical (unpaired) electrons. The van der Waals surface area contributed by atoms with E-state index in [4.69, 9.17) is 47.0 Å². The highest BCUT2D eigenvalue weighted by molar-refractivity contribution is 7.80. The summed E-state index contributed by atoms with van der Waals surface area (Å²) in [6, 6.07) is 9.87. The molecule has 1 fully saturated rings. The number of halogens is 3. The van der Waals surface area contributed by atoms with Crippen LogP contribution in [0.2, 0.25) is 15.1 Å². The quantitative estimate of drug-likeness (QED) is 0.270. The molecule has 1 amide bonds. The Kier molecular flexibility index (Phi) is 6.73. The first-order chi connectivity index (χ1) is 15.3. The number of nitro groups is 1. The fraction of sp³-hybridized carbons (Fsp3) is 0.200. The number of hydrogen-bond donors (Lipinski definition) is 1. The highest BCUT2D eigenvalue weighted by Crippen LogP contribution is 2.37. The number of carbonyl (C=O) groups is 1. The number of nitrogens with one attached hydrogen (secondary N) is 1. The molecule has 2 aromatic carbocycles. The molecule has 12 heteroatoms. The zero-order chi connectivity index (χ0) is 23.0. The molecule has 0 saturated carbocycles. The average Bonchev–Trinajstić information content (AvgIpc) is 3.09. The molecule has 32 heavy (non-hydrogen) atoms. The van der Waals surface area contributed by atoms with Gasteiger partial charge in [0.2, 0.25) is 0 Å². The van der Waals surface area contributed by atoms with E-state index < -0.39 is 4.92 Å². The van der Waals surface area contributed by atoms with E-state index >= 15 is 0 Å². The first-order valence-corrected chi connectivity index (χ1v) is 11.8. The third-order valence-corrected chi connectivity index (χ3v) is 7.62. The number of nitrogens with zero attached hydrogens (tertiary/aromatic N) is 3. The van der Waals surface area contributed by atoms with Gasteiger partial charge in [0.1, 0.15) is 10.6 Å². The third-order valence-electron chi connectivity index (χ3n) is 5.06. The molecule has 2 heterocycles. The Balaban J connectivity index is 1.43. The Morgan fingerprint density at radius 1 is 1.12 bits per heavy atom. The largest absolute Gasteiger partial charge is 0.361 e. The molecule has 0 atom stereocenters. The number of thiophene rings is 1. The summed E-state index contributed by atoms with van der Waals surface area (Å²) in [7, 11) is 0. The molecule has 0 aliphatic carbocycles. The van der Waals surface area contributed by atoms with E-state index in [2.05, 4.69) is 5.32 Å². The number of nitro benzene ring substituents is 1. The van der Waals surface area contributed by atoms with Crippen molar-refractivity contribution in [2.24, 2.45) is 0 Å². The van der Waals surface area contributed by atoms with Crippen molar-refractivity contribution in [2.45, 2.75) is 0 Å². The zero-order valence-electron chi connectivity index (χ0n) is 16.3. The monoisotopic (exact) mass is 528 g/mol. The summed E-state index contributed by atoms with van der Waals surface area (Å²) in [5.41, 5.74) is 0.353. The standard InChI is InChI=1S/C20H15Cl3N4O3S2/c21-11-4-5-12-15(10-11)32-18(16(12)23)19(28)24-20(31)26-8-6-25(7-9-26)17-13(22)2-1-3-14(17)27(29)30/h1-5,10H,6-9H2,(H,24,28,31). The Morgan fingerprint density at radius 3 is 2.53 bits per heavy atom. The summed E-state index contributed by atoms with van der Waals surface area (Å²) in [5, 5.41) is 16.4. The maximum atomic E-state index is 12.8. The number of piperazine rings is 1. The average molecular weight is 530 g/mol. The Hall–Kier alpha value is -2.17. The predicted molar refractivity (Wildman–Crippen MR) is 134 cm³/mol. The highest BCUT2D eigenvalue weighted by atomic mass is 35.5. The fourth-order valence-electron chi connectivity index (χ4n) is 3.52. The summed E-state index contributed by atoms with van der Waals surface area (Å²) in [6.07, 6.45) is 0. The van der Waals surface area contributed by atoms with Gasteiger partial charge >= 0.3 is 0 Å². The van der Waals surface area contributed by atoms with Gasteiger partial charge in [0.05, 0.1) is 15.0 Å². The van der Waals surface area contributed by atoms with Crippen molar-refractivity contribution in [3.8, 4) is 0 Å². The third kappa shape index (κ3) is 4.49. The molecule has 7 nitrogen and oxygen atoms in total. The molecular weight excluding hydrogens is 515 g/mol. The minimum Gasteiger partial charge on any atom is -0.361 e. The van der Waals surface area contributed by atoms with E-state index in [0.717, 1.165) is 10.1 Å². The summed E-state index contributed by atoms with van der Waals surface area (Å²) >= 11 is 25.3. The lowest BCUT2D eigenvalue weighted by Crippen LogP contribution is -2.52. The van der Waals surface area contributed by atoms with Crippen LogP contribution in [-0.4, -0.2) is 47.0 Å². The second-order valence-electron chi connectivity index (χ2n) is 6.98. The molecule has 1 aliphatic heterocycles. The van der Waals surface area contributed by atoms with Gasteiger partial charge in [-0.1, -0.05) is 46.9 Å². The molecule has 1 aliphatic rings. The normalized spacial score (nSPS) is 14.0. The second-order valence-corrected chi connectivity index (χ2v) is 9.64. The van der Waals surface area contributed by atoms with Crippen molar-refractivity contribution in [3.05, 3.63) is 66.5 Å². The molecule has 1 N–H and O–H groups in total. The molecule has 166 valence electrons. The topological polar surface area (TPSA) is 78.7 Å². The number of hydrogen-bond acceptors (Lipinski definition) is 6. The first-order valence-electron chi connectivity index (χ1n) is 9.42. The lowest BCUT2D eigenvalue weighted by atomic mass is 10.2. The number of rotatable bonds is 3. The molecule has 1 saturated heterocycles. The van der Waals surface area contributed by atoms with E-state index in [1.54, 1.807) is 30.3 Å². The van der Waals surface area contributed by atoms with Gasteiger partial charge < -0.3 is 9.80 Å². The maximum Gasteiger partial charge on any atom is 0.294 e. The fourth-order valence-corrected chi connectivity index (χ4v) is 5.77. The van der Waals surface area contributed by atoms with Crippen LogP contribution in [0.4, 0.5) is 11.4 Å². The van der Waals surface area contributed by atoms with Crippen LogP contribution >= 0.6 is 58.4 Å². The Morgan fingerprint density at radius 2 is 1.84 bits per heavy atom. The van der Waals surface area contributed by atoms with Crippen molar-refractivity contribution in [2.75, 3.05) is 31.1 Å². The molecular formula is C20H15Cl3N4O3S2. The summed E-state index contributed by atoms with van der Waals surface area (Å²) in [4.78, 5) is 27.8. The molecule has 4 rings (SSSR count). The number of fused-ring (bicyclic) bond motifs is 1. The van der Waals surface area contributed by atoms with Crippen molar-refractivity contribution in [1.29, 1.82) is 0 Å². The first kappa shape index (κ1) is 23.0. The van der Waals surface area contributed by atoms with Gasteiger partial charge in [0.15, 0.2) is 5.11 Å². The smallest absolute Gasteiger partial charge is 0.294 e. The summed E-state index contributed by atoms with van der Waals surface area (Å²) < 4.78 is 0.813. The van der Waals surface area contributed by atoms with Crippen LogP contribution in [-0.2, 0) is 0 Å². The number of thiocarbonyl (C=S) groups is 1. The maximum absolute atomic E-state index is 12.8. The van der Waals surface area contributed by atoms with Crippen LogP contribution in [0.3, 0.4) is 0 Å². The van der Waals surface area contributed by atoms with Crippen LogP contribution in [0.25, 0.3) is 10.1 Å². The predicted octanol–water partition coefficient (Wildman–Crippen LogP) is 5.61. The SMILES string of the molecule is O=C(NC(=S)N1CCN(c2c(Cl)cccc2[N+](=O)[O-])CC1)c1sc2cc(Cl)ccc2c1Cl. The van der Waals surface area contributed by atoms with Crippen LogP contribution in [0.1, 0.15) is 9.67 Å². The Labute approximate surface area is 207 Å². The zero-order valence-corrected chi connectivity index (χ0v) is 20.2. The van der Waals surface area contributed by atoms with Gasteiger partial charge in [-0.3, -0.25) is 20.2 Å². The highest BCUT2D eigenvalue weighted by Gasteiger charge is 2.28. The van der Waals surface area contributed by atoms with E-state index in [0.29, 0.717) is 51.8 Å². The number of benzene rings is 2. The molecule has 0 bridgehead atoms. The van der Waals surface area contributed by atoms with E-state index in [9.17, 15) is 14.9 Å². The van der Waals surface area contributed by atoms with Gasteiger partial charge in [-0.2, -0.15) is 0 Å². The van der Waals surface area contributed by atoms with Crippen LogP contribution < -0.4 is 10.2 Å². The van der Waals surface area contributed by atoms with Crippen LogP contribution in [0, 0.1) is 10.1 Å². The van der Waals surface area contributed by atoms with Crippen LogP contribution in [0.15, 0.2) is 36.4 Å². The van der Waals surface area contributed by atoms with Crippen molar-refractivity contribution < 1.29 is 9.72 Å². The minimum atomic E-state index is -0.444. The second kappa shape index (κ2) is 9.36. The number of anilines is 1. The lowest BCUT2D eigenvalue weighted by Gasteiger charge is -2.37. The van der Waals surface area contributed by atoms with E-state index in [-0.39, 0.29) is 16.7 Å². The number of para-hydroxylation sites is 1. The van der Waals surface area contributed by atoms with Crippen molar-refractivity contribution in [1.82, 2.24) is 10.2 Å². The lowest BCUT2D eigenvalue weighted by molar-refractivity contribution is -0.384. The van der Waals surface area contributed by atoms with Gasteiger partial charge in [-0.05, 0) is 30.4 Å². The molecule has 3 aromatic rings. The molecule has 1 aromatic heterocycles. The summed E-state index contributed by atoms with van der Waals surface area (Å²) in [5.74, 6) is -0.388. The van der Waals surface area contributed by atoms with Gasteiger partial charge in [-0.15, -0.1) is 11.3 Å². The number of amides is 1. The number of carbonyl (C=O) groups excluding carboxylic acids is 1.